The highest BCUT2D eigenvalue weighted by atomic mass is 35.5. The summed E-state index contributed by atoms with van der Waals surface area (Å²) >= 11 is 5.65. The number of aromatic nitrogens is 2. The summed E-state index contributed by atoms with van der Waals surface area (Å²) in [7, 11) is 0. The van der Waals surface area contributed by atoms with Gasteiger partial charge in [-0.1, -0.05) is 32.4 Å². The molecule has 1 amide bonds. The van der Waals surface area contributed by atoms with Gasteiger partial charge in [0.25, 0.3) is 0 Å². The normalized spacial score (nSPS) is 13.8. The fourth-order valence-corrected chi connectivity index (χ4v) is 1.98. The molecular formula is C14H19ClF3N3O2. The molecule has 0 aliphatic rings. The maximum absolute atomic E-state index is 12.8. The van der Waals surface area contributed by atoms with Crippen LogP contribution in [0.1, 0.15) is 45.1 Å². The number of carbonyl (C=O) groups excluding carboxylic acids is 2. The van der Waals surface area contributed by atoms with Crippen LogP contribution in [0.3, 0.4) is 0 Å². The summed E-state index contributed by atoms with van der Waals surface area (Å²) in [6, 6.07) is -1.03. The van der Waals surface area contributed by atoms with Gasteiger partial charge in [0.15, 0.2) is 11.5 Å². The summed E-state index contributed by atoms with van der Waals surface area (Å²) in [5, 5.41) is 5.26. The van der Waals surface area contributed by atoms with Gasteiger partial charge >= 0.3 is 6.18 Å². The minimum Gasteiger partial charge on any atom is -0.347 e. The number of halogens is 4. The zero-order chi connectivity index (χ0) is 18.2. The standard InChI is InChI=1S/C14H19ClF3N3O2/c1-7-10(15)11(14(16,17)18)20-21(7)8(2)12(23)19-6-9(22)13(3,4)5/h8H,6H2,1-5H3,(H,19,23). The van der Waals surface area contributed by atoms with Crippen molar-refractivity contribution < 1.29 is 22.8 Å². The quantitative estimate of drug-likeness (QED) is 0.904. The average Bonchev–Trinajstić information content (AvgIpc) is 2.70. The second-order valence-corrected chi connectivity index (χ2v) is 6.64. The van der Waals surface area contributed by atoms with E-state index in [1.165, 1.54) is 13.8 Å². The summed E-state index contributed by atoms with van der Waals surface area (Å²) in [6.07, 6.45) is -4.70. The van der Waals surface area contributed by atoms with E-state index in [4.69, 9.17) is 11.6 Å². The van der Waals surface area contributed by atoms with Crippen LogP contribution in [0.25, 0.3) is 0 Å². The molecule has 0 radical (unpaired) electrons. The number of alkyl halides is 3. The fraction of sp³-hybridized carbons (Fsp3) is 0.643. The highest BCUT2D eigenvalue weighted by Gasteiger charge is 2.39. The lowest BCUT2D eigenvalue weighted by atomic mass is 9.91. The monoisotopic (exact) mass is 353 g/mol. The average molecular weight is 354 g/mol. The largest absolute Gasteiger partial charge is 0.436 e. The third-order valence-corrected chi connectivity index (χ3v) is 3.80. The Labute approximate surface area is 137 Å². The Balaban J connectivity index is 2.92. The van der Waals surface area contributed by atoms with Gasteiger partial charge in [0.2, 0.25) is 5.91 Å². The number of nitrogens with one attached hydrogen (secondary N) is 1. The molecule has 0 aromatic carbocycles. The van der Waals surface area contributed by atoms with E-state index in [0.717, 1.165) is 4.68 Å². The second kappa shape index (κ2) is 6.51. The van der Waals surface area contributed by atoms with E-state index in [1.54, 1.807) is 20.8 Å². The number of carbonyl (C=O) groups is 2. The number of nitrogens with zero attached hydrogens (tertiary/aromatic N) is 2. The Morgan fingerprint density at radius 1 is 1.30 bits per heavy atom. The van der Waals surface area contributed by atoms with E-state index in [-0.39, 0.29) is 18.0 Å². The Bertz CT molecular complexity index is 618. The Morgan fingerprint density at radius 2 is 1.83 bits per heavy atom. The first-order chi connectivity index (χ1) is 10.3. The third-order valence-electron chi connectivity index (χ3n) is 3.35. The lowest BCUT2D eigenvalue weighted by molar-refractivity contribution is -0.141. The summed E-state index contributed by atoms with van der Waals surface area (Å²) in [5.41, 5.74) is -1.82. The molecule has 1 N–H and O–H groups in total. The first kappa shape index (κ1) is 19.5. The van der Waals surface area contributed by atoms with Gasteiger partial charge < -0.3 is 5.32 Å². The van der Waals surface area contributed by atoms with Gasteiger partial charge in [0.05, 0.1) is 17.3 Å². The minimum absolute atomic E-state index is 0.0313. The van der Waals surface area contributed by atoms with Crippen molar-refractivity contribution in [3.63, 3.8) is 0 Å². The van der Waals surface area contributed by atoms with Crippen molar-refractivity contribution in [2.24, 2.45) is 5.41 Å². The molecule has 130 valence electrons. The van der Waals surface area contributed by atoms with Crippen LogP contribution in [0.2, 0.25) is 5.02 Å². The van der Waals surface area contributed by atoms with Gasteiger partial charge in [0.1, 0.15) is 6.04 Å². The molecule has 1 aromatic heterocycles. The molecule has 23 heavy (non-hydrogen) atoms. The molecule has 9 heteroatoms. The van der Waals surface area contributed by atoms with Crippen LogP contribution < -0.4 is 5.32 Å². The van der Waals surface area contributed by atoms with Crippen molar-refractivity contribution in [1.82, 2.24) is 15.1 Å². The molecule has 1 atom stereocenters. The Morgan fingerprint density at radius 3 is 2.22 bits per heavy atom. The van der Waals surface area contributed by atoms with Crippen molar-refractivity contribution in [3.05, 3.63) is 16.4 Å². The first-order valence-electron chi connectivity index (χ1n) is 6.89. The fourth-order valence-electron chi connectivity index (χ4n) is 1.75. The van der Waals surface area contributed by atoms with E-state index in [9.17, 15) is 22.8 Å². The molecule has 0 bridgehead atoms. The zero-order valence-corrected chi connectivity index (χ0v) is 14.3. The molecule has 1 heterocycles. The van der Waals surface area contributed by atoms with Crippen LogP contribution in [0.15, 0.2) is 0 Å². The first-order valence-corrected chi connectivity index (χ1v) is 7.27. The predicted molar refractivity (Wildman–Crippen MR) is 79.2 cm³/mol. The van der Waals surface area contributed by atoms with E-state index in [0.29, 0.717) is 0 Å². The Hall–Kier alpha value is -1.57. The minimum atomic E-state index is -4.70. The number of rotatable bonds is 4. The van der Waals surface area contributed by atoms with Gasteiger partial charge in [0, 0.05) is 5.41 Å². The van der Waals surface area contributed by atoms with Gasteiger partial charge in [-0.05, 0) is 13.8 Å². The number of hydrogen-bond donors (Lipinski definition) is 1. The summed E-state index contributed by atoms with van der Waals surface area (Å²) in [4.78, 5) is 23.8. The zero-order valence-electron chi connectivity index (χ0n) is 13.5. The maximum Gasteiger partial charge on any atom is 0.436 e. The lowest BCUT2D eigenvalue weighted by Gasteiger charge is -2.19. The summed E-state index contributed by atoms with van der Waals surface area (Å²) in [6.45, 7) is 7.64. The molecule has 0 aliphatic carbocycles. The van der Waals surface area contributed by atoms with Crippen LogP contribution in [0, 0.1) is 12.3 Å². The smallest absolute Gasteiger partial charge is 0.347 e. The Kier molecular flexibility index (Phi) is 5.51. The molecule has 1 aromatic rings. The maximum atomic E-state index is 12.8. The molecule has 1 rings (SSSR count). The van der Waals surface area contributed by atoms with Crippen LogP contribution >= 0.6 is 11.6 Å². The SMILES string of the molecule is Cc1c(Cl)c(C(F)(F)F)nn1C(C)C(=O)NCC(=O)C(C)(C)C. The molecule has 1 unspecified atom stereocenters. The number of amides is 1. The van der Waals surface area contributed by atoms with Crippen LogP contribution in [0.5, 0.6) is 0 Å². The van der Waals surface area contributed by atoms with Crippen molar-refractivity contribution in [3.8, 4) is 0 Å². The lowest BCUT2D eigenvalue weighted by Crippen LogP contribution is -2.39. The van der Waals surface area contributed by atoms with Crippen molar-refractivity contribution in [1.29, 1.82) is 0 Å². The van der Waals surface area contributed by atoms with Crippen molar-refractivity contribution in [2.75, 3.05) is 6.54 Å². The van der Waals surface area contributed by atoms with Gasteiger partial charge in [-0.15, -0.1) is 0 Å². The van der Waals surface area contributed by atoms with E-state index < -0.39 is 34.3 Å². The van der Waals surface area contributed by atoms with Crippen LogP contribution in [-0.4, -0.2) is 28.0 Å². The molecular weight excluding hydrogens is 335 g/mol. The van der Waals surface area contributed by atoms with Crippen molar-refractivity contribution >= 4 is 23.3 Å². The molecule has 0 aliphatic heterocycles. The van der Waals surface area contributed by atoms with E-state index in [1.807, 2.05) is 0 Å². The highest BCUT2D eigenvalue weighted by Crippen LogP contribution is 2.36. The summed E-state index contributed by atoms with van der Waals surface area (Å²) < 4.78 is 39.3. The second-order valence-electron chi connectivity index (χ2n) is 6.26. The van der Waals surface area contributed by atoms with Gasteiger partial charge in [-0.2, -0.15) is 18.3 Å². The predicted octanol–water partition coefficient (Wildman–Crippen LogP) is 3.16. The summed E-state index contributed by atoms with van der Waals surface area (Å²) in [5.74, 6) is -0.803. The molecule has 0 saturated carbocycles. The highest BCUT2D eigenvalue weighted by molar-refractivity contribution is 6.32. The third kappa shape index (κ3) is 4.46. The van der Waals surface area contributed by atoms with Gasteiger partial charge in [-0.25, -0.2) is 0 Å². The topological polar surface area (TPSA) is 64.0 Å². The molecule has 0 spiro atoms. The number of ketones is 1. The van der Waals surface area contributed by atoms with E-state index in [2.05, 4.69) is 10.4 Å². The molecule has 0 fully saturated rings. The van der Waals surface area contributed by atoms with Crippen LogP contribution in [0.4, 0.5) is 13.2 Å². The van der Waals surface area contributed by atoms with Crippen LogP contribution in [-0.2, 0) is 15.8 Å². The number of hydrogen-bond acceptors (Lipinski definition) is 3. The van der Waals surface area contributed by atoms with Gasteiger partial charge in [-0.3, -0.25) is 14.3 Å². The molecule has 0 saturated heterocycles. The molecule has 5 nitrogen and oxygen atoms in total. The van der Waals surface area contributed by atoms with Crippen molar-refractivity contribution in [2.45, 2.75) is 46.8 Å². The number of Topliss-reactive ketones (excluding diaryl/α,β-unsaturated/α-hetero) is 1. The van der Waals surface area contributed by atoms with E-state index >= 15 is 0 Å².